The van der Waals surface area contributed by atoms with Crippen molar-refractivity contribution in [2.45, 2.75) is 17.7 Å². The Balaban J connectivity index is 1.75. The second kappa shape index (κ2) is 9.00. The molecule has 0 spiro atoms. The fourth-order valence-corrected chi connectivity index (χ4v) is 2.85. The van der Waals surface area contributed by atoms with Gasteiger partial charge in [-0.25, -0.2) is 0 Å². The van der Waals surface area contributed by atoms with Crippen molar-refractivity contribution in [1.82, 2.24) is 5.32 Å². The fraction of sp³-hybridized carbons (Fsp3) is 0.222. The SMILES string of the molecule is CNC(=O)Cc1ccc(NC(=O)CCSc2ccccc2)cc1. The minimum absolute atomic E-state index is 0.00696. The van der Waals surface area contributed by atoms with Crippen LogP contribution in [-0.2, 0) is 16.0 Å². The van der Waals surface area contributed by atoms with Crippen molar-refractivity contribution < 1.29 is 9.59 Å². The highest BCUT2D eigenvalue weighted by atomic mass is 32.2. The second-order valence-electron chi connectivity index (χ2n) is 5.01. The van der Waals surface area contributed by atoms with Crippen LogP contribution < -0.4 is 10.6 Å². The summed E-state index contributed by atoms with van der Waals surface area (Å²) in [6.07, 6.45) is 0.804. The number of nitrogens with one attached hydrogen (secondary N) is 2. The minimum Gasteiger partial charge on any atom is -0.359 e. The Morgan fingerprint density at radius 3 is 2.30 bits per heavy atom. The van der Waals surface area contributed by atoms with E-state index in [2.05, 4.69) is 10.6 Å². The molecule has 0 unspecified atom stereocenters. The summed E-state index contributed by atoms with van der Waals surface area (Å²) < 4.78 is 0. The molecule has 2 aromatic carbocycles. The van der Waals surface area contributed by atoms with E-state index in [-0.39, 0.29) is 11.8 Å². The number of anilines is 1. The average molecular weight is 328 g/mol. The number of hydrogen-bond donors (Lipinski definition) is 2. The first-order valence-electron chi connectivity index (χ1n) is 7.44. The number of rotatable bonds is 7. The van der Waals surface area contributed by atoms with Crippen LogP contribution in [-0.4, -0.2) is 24.6 Å². The lowest BCUT2D eigenvalue weighted by atomic mass is 10.1. The summed E-state index contributed by atoms with van der Waals surface area (Å²) in [4.78, 5) is 24.4. The fourth-order valence-electron chi connectivity index (χ4n) is 1.98. The van der Waals surface area contributed by atoms with E-state index in [1.54, 1.807) is 18.8 Å². The molecule has 0 aliphatic rings. The highest BCUT2D eigenvalue weighted by Crippen LogP contribution is 2.18. The van der Waals surface area contributed by atoms with Crippen molar-refractivity contribution in [3.63, 3.8) is 0 Å². The molecule has 2 rings (SSSR count). The topological polar surface area (TPSA) is 58.2 Å². The Kier molecular flexibility index (Phi) is 6.69. The maximum atomic E-state index is 11.9. The van der Waals surface area contributed by atoms with E-state index in [9.17, 15) is 9.59 Å². The van der Waals surface area contributed by atoms with Crippen LogP contribution in [0.1, 0.15) is 12.0 Å². The molecule has 5 heteroatoms. The van der Waals surface area contributed by atoms with Gasteiger partial charge in [0.15, 0.2) is 0 Å². The highest BCUT2D eigenvalue weighted by molar-refractivity contribution is 7.99. The molecule has 0 saturated heterocycles. The number of benzene rings is 2. The smallest absolute Gasteiger partial charge is 0.225 e. The zero-order valence-electron chi connectivity index (χ0n) is 13.0. The van der Waals surface area contributed by atoms with E-state index in [0.717, 1.165) is 17.0 Å². The van der Waals surface area contributed by atoms with Crippen molar-refractivity contribution in [3.05, 3.63) is 60.2 Å². The van der Waals surface area contributed by atoms with E-state index in [1.165, 1.54) is 4.90 Å². The predicted octanol–water partition coefficient (Wildman–Crippen LogP) is 3.10. The largest absolute Gasteiger partial charge is 0.359 e. The van der Waals surface area contributed by atoms with Crippen LogP contribution >= 0.6 is 11.8 Å². The van der Waals surface area contributed by atoms with Gasteiger partial charge in [-0.15, -0.1) is 11.8 Å². The summed E-state index contributed by atoms with van der Waals surface area (Å²) >= 11 is 1.67. The Morgan fingerprint density at radius 2 is 1.65 bits per heavy atom. The van der Waals surface area contributed by atoms with Crippen LogP contribution in [0.25, 0.3) is 0 Å². The molecule has 23 heavy (non-hydrogen) atoms. The molecule has 120 valence electrons. The molecule has 0 heterocycles. The molecule has 0 fully saturated rings. The van der Waals surface area contributed by atoms with Crippen LogP contribution in [0.3, 0.4) is 0 Å². The molecule has 0 radical (unpaired) electrons. The summed E-state index contributed by atoms with van der Waals surface area (Å²) in [5.74, 6) is 0.706. The van der Waals surface area contributed by atoms with E-state index < -0.39 is 0 Å². The molecular formula is C18H20N2O2S. The Hall–Kier alpha value is -2.27. The quantitative estimate of drug-likeness (QED) is 0.768. The van der Waals surface area contributed by atoms with Crippen molar-refractivity contribution in [2.75, 3.05) is 18.1 Å². The molecule has 0 saturated carbocycles. The standard InChI is InChI=1S/C18H20N2O2S/c1-19-18(22)13-14-7-9-15(10-8-14)20-17(21)11-12-23-16-5-3-2-4-6-16/h2-10H,11-13H2,1H3,(H,19,22)(H,20,21). The van der Waals surface area contributed by atoms with Crippen molar-refractivity contribution in [1.29, 1.82) is 0 Å². The first kappa shape index (κ1) is 17.1. The first-order chi connectivity index (χ1) is 11.2. The predicted molar refractivity (Wildman–Crippen MR) is 94.6 cm³/mol. The second-order valence-corrected chi connectivity index (χ2v) is 6.17. The Morgan fingerprint density at radius 1 is 0.957 bits per heavy atom. The van der Waals surface area contributed by atoms with E-state index >= 15 is 0 Å². The van der Waals surface area contributed by atoms with Gasteiger partial charge in [-0.3, -0.25) is 9.59 Å². The number of carbonyl (C=O) groups excluding carboxylic acids is 2. The molecule has 2 N–H and O–H groups in total. The van der Waals surface area contributed by atoms with Crippen molar-refractivity contribution in [3.8, 4) is 0 Å². The molecule has 0 atom stereocenters. The van der Waals surface area contributed by atoms with Gasteiger partial charge in [0.05, 0.1) is 6.42 Å². The minimum atomic E-state index is -0.0280. The van der Waals surface area contributed by atoms with Gasteiger partial charge in [0, 0.05) is 29.8 Å². The molecule has 0 bridgehead atoms. The molecule has 2 amide bonds. The van der Waals surface area contributed by atoms with Gasteiger partial charge in [0.1, 0.15) is 0 Å². The van der Waals surface area contributed by atoms with Gasteiger partial charge in [-0.1, -0.05) is 30.3 Å². The zero-order valence-corrected chi connectivity index (χ0v) is 13.9. The van der Waals surface area contributed by atoms with Crippen LogP contribution in [0, 0.1) is 0 Å². The van der Waals surface area contributed by atoms with Gasteiger partial charge in [-0.2, -0.15) is 0 Å². The summed E-state index contributed by atoms with van der Waals surface area (Å²) in [5.41, 5.74) is 1.67. The third-order valence-electron chi connectivity index (χ3n) is 3.22. The lowest BCUT2D eigenvalue weighted by molar-refractivity contribution is -0.120. The average Bonchev–Trinajstić information content (AvgIpc) is 2.57. The molecule has 0 aliphatic carbocycles. The Bertz CT molecular complexity index is 642. The normalized spacial score (nSPS) is 10.1. The Labute approximate surface area is 140 Å². The van der Waals surface area contributed by atoms with Crippen molar-refractivity contribution >= 4 is 29.3 Å². The lowest BCUT2D eigenvalue weighted by Crippen LogP contribution is -2.19. The number of amides is 2. The van der Waals surface area contributed by atoms with E-state index in [0.29, 0.717) is 12.8 Å². The van der Waals surface area contributed by atoms with Gasteiger partial charge in [0.2, 0.25) is 11.8 Å². The number of thioether (sulfide) groups is 1. The third-order valence-corrected chi connectivity index (χ3v) is 4.24. The summed E-state index contributed by atoms with van der Waals surface area (Å²) in [6, 6.07) is 17.4. The molecule has 4 nitrogen and oxygen atoms in total. The van der Waals surface area contributed by atoms with Crippen LogP contribution in [0.2, 0.25) is 0 Å². The monoisotopic (exact) mass is 328 g/mol. The maximum Gasteiger partial charge on any atom is 0.225 e. The first-order valence-corrected chi connectivity index (χ1v) is 8.43. The van der Waals surface area contributed by atoms with E-state index in [1.807, 2.05) is 54.6 Å². The van der Waals surface area contributed by atoms with Gasteiger partial charge in [-0.05, 0) is 29.8 Å². The number of carbonyl (C=O) groups is 2. The molecular weight excluding hydrogens is 308 g/mol. The number of hydrogen-bond acceptors (Lipinski definition) is 3. The molecule has 0 aromatic heterocycles. The van der Waals surface area contributed by atoms with Gasteiger partial charge >= 0.3 is 0 Å². The zero-order chi connectivity index (χ0) is 16.5. The summed E-state index contributed by atoms with van der Waals surface area (Å²) in [7, 11) is 1.62. The molecule has 2 aromatic rings. The number of likely N-dealkylation sites (N-methyl/N-ethyl adjacent to an activating group) is 1. The lowest BCUT2D eigenvalue weighted by Gasteiger charge is -2.06. The maximum absolute atomic E-state index is 11.9. The summed E-state index contributed by atoms with van der Waals surface area (Å²) in [5, 5.41) is 5.46. The summed E-state index contributed by atoms with van der Waals surface area (Å²) in [6.45, 7) is 0. The van der Waals surface area contributed by atoms with Crippen LogP contribution in [0.4, 0.5) is 5.69 Å². The molecule has 0 aliphatic heterocycles. The van der Waals surface area contributed by atoms with Gasteiger partial charge < -0.3 is 10.6 Å². The van der Waals surface area contributed by atoms with Gasteiger partial charge in [0.25, 0.3) is 0 Å². The van der Waals surface area contributed by atoms with Crippen LogP contribution in [0.15, 0.2) is 59.5 Å². The van der Waals surface area contributed by atoms with Crippen LogP contribution in [0.5, 0.6) is 0 Å². The highest BCUT2D eigenvalue weighted by Gasteiger charge is 2.04. The van der Waals surface area contributed by atoms with E-state index in [4.69, 9.17) is 0 Å². The third kappa shape index (κ3) is 6.16. The van der Waals surface area contributed by atoms with Crippen molar-refractivity contribution in [2.24, 2.45) is 0 Å².